The Kier molecular flexibility index (Phi) is 2.53. The number of hydrogen-bond donors (Lipinski definition) is 1. The van der Waals surface area contributed by atoms with Gasteiger partial charge in [0.2, 0.25) is 5.65 Å². The van der Waals surface area contributed by atoms with Crippen LogP contribution >= 0.6 is 15.9 Å². The molecular formula is C12H12BrN7. The van der Waals surface area contributed by atoms with Crippen molar-refractivity contribution < 1.29 is 0 Å². The fourth-order valence-corrected chi connectivity index (χ4v) is 2.61. The molecule has 0 spiro atoms. The molecule has 3 aromatic rings. The first kappa shape index (κ1) is 11.8. The molecule has 7 nitrogen and oxygen atoms in total. The summed E-state index contributed by atoms with van der Waals surface area (Å²) in [5.74, 6) is 0.752. The summed E-state index contributed by atoms with van der Waals surface area (Å²) >= 11 is 3.44. The molecule has 1 saturated carbocycles. The fraction of sp³-hybridized carbons (Fsp3) is 0.333. The van der Waals surface area contributed by atoms with Gasteiger partial charge in [-0.1, -0.05) is 0 Å². The van der Waals surface area contributed by atoms with Gasteiger partial charge in [0.15, 0.2) is 5.82 Å². The molecule has 102 valence electrons. The van der Waals surface area contributed by atoms with Crippen LogP contribution in [0, 0.1) is 0 Å². The summed E-state index contributed by atoms with van der Waals surface area (Å²) in [6, 6.07) is 0. The first-order valence-electron chi connectivity index (χ1n) is 6.36. The summed E-state index contributed by atoms with van der Waals surface area (Å²) in [7, 11) is 0. The molecule has 0 bridgehead atoms. The van der Waals surface area contributed by atoms with Crippen molar-refractivity contribution in [3.8, 4) is 0 Å². The molecule has 1 aliphatic carbocycles. The predicted octanol–water partition coefficient (Wildman–Crippen LogP) is 1.68. The van der Waals surface area contributed by atoms with Gasteiger partial charge in [-0.2, -0.15) is 5.10 Å². The molecule has 8 heteroatoms. The third-order valence-corrected chi connectivity index (χ3v) is 4.07. The van der Waals surface area contributed by atoms with Crippen LogP contribution in [-0.2, 0) is 5.54 Å². The number of halogens is 1. The van der Waals surface area contributed by atoms with E-state index in [-0.39, 0.29) is 5.54 Å². The van der Waals surface area contributed by atoms with Crippen molar-refractivity contribution in [2.24, 2.45) is 0 Å². The molecule has 3 heterocycles. The van der Waals surface area contributed by atoms with Crippen molar-refractivity contribution in [3.63, 3.8) is 0 Å². The van der Waals surface area contributed by atoms with Crippen molar-refractivity contribution in [1.29, 1.82) is 0 Å². The quantitative estimate of drug-likeness (QED) is 0.786. The molecule has 0 aliphatic heterocycles. The summed E-state index contributed by atoms with van der Waals surface area (Å²) in [5.41, 5.74) is 0.797. The van der Waals surface area contributed by atoms with Gasteiger partial charge in [0.25, 0.3) is 0 Å². The summed E-state index contributed by atoms with van der Waals surface area (Å²) in [6.07, 6.45) is 11.3. The van der Waals surface area contributed by atoms with Gasteiger partial charge in [-0.05, 0) is 28.8 Å². The van der Waals surface area contributed by atoms with Gasteiger partial charge in [0, 0.05) is 25.1 Å². The first-order chi connectivity index (χ1) is 9.77. The van der Waals surface area contributed by atoms with Crippen LogP contribution in [0.15, 0.2) is 35.6 Å². The van der Waals surface area contributed by atoms with E-state index in [2.05, 4.69) is 41.5 Å². The summed E-state index contributed by atoms with van der Waals surface area (Å²) in [6.45, 7) is 0.778. The van der Waals surface area contributed by atoms with Gasteiger partial charge in [-0.15, -0.1) is 10.2 Å². The van der Waals surface area contributed by atoms with Crippen molar-refractivity contribution >= 4 is 27.4 Å². The number of rotatable bonds is 4. The molecule has 20 heavy (non-hydrogen) atoms. The third kappa shape index (κ3) is 1.87. The highest BCUT2D eigenvalue weighted by molar-refractivity contribution is 9.10. The van der Waals surface area contributed by atoms with Gasteiger partial charge in [-0.3, -0.25) is 9.08 Å². The van der Waals surface area contributed by atoms with Gasteiger partial charge < -0.3 is 5.32 Å². The fourth-order valence-electron chi connectivity index (χ4n) is 2.32. The number of nitrogens with one attached hydrogen (secondary N) is 1. The molecule has 0 unspecified atom stereocenters. The van der Waals surface area contributed by atoms with Crippen molar-refractivity contribution in [2.45, 2.75) is 18.4 Å². The molecule has 0 saturated heterocycles. The Labute approximate surface area is 123 Å². The van der Waals surface area contributed by atoms with Crippen LogP contribution in [0.25, 0.3) is 5.65 Å². The minimum atomic E-state index is 0.0561. The van der Waals surface area contributed by atoms with Crippen LogP contribution < -0.4 is 5.32 Å². The van der Waals surface area contributed by atoms with E-state index in [9.17, 15) is 0 Å². The normalized spacial score (nSPS) is 16.4. The number of fused-ring (bicyclic) bond motifs is 1. The molecule has 1 N–H and O–H groups in total. The Morgan fingerprint density at radius 2 is 2.30 bits per heavy atom. The topological polar surface area (TPSA) is 72.9 Å². The maximum atomic E-state index is 4.39. The van der Waals surface area contributed by atoms with E-state index in [4.69, 9.17) is 0 Å². The Morgan fingerprint density at radius 3 is 3.05 bits per heavy atom. The monoisotopic (exact) mass is 333 g/mol. The molecule has 0 aromatic carbocycles. The van der Waals surface area contributed by atoms with Crippen LogP contribution in [0.5, 0.6) is 0 Å². The molecule has 1 fully saturated rings. The van der Waals surface area contributed by atoms with Crippen molar-refractivity contribution in [3.05, 3.63) is 35.6 Å². The van der Waals surface area contributed by atoms with E-state index in [1.54, 1.807) is 12.5 Å². The van der Waals surface area contributed by atoms with Gasteiger partial charge >= 0.3 is 0 Å². The maximum Gasteiger partial charge on any atom is 0.203 e. The second-order valence-electron chi connectivity index (χ2n) is 5.02. The lowest BCUT2D eigenvalue weighted by atomic mass is 10.3. The number of hydrogen-bond acceptors (Lipinski definition) is 5. The average molecular weight is 334 g/mol. The summed E-state index contributed by atoms with van der Waals surface area (Å²) < 4.78 is 4.87. The lowest BCUT2D eigenvalue weighted by molar-refractivity contribution is 0.452. The van der Waals surface area contributed by atoms with Crippen LogP contribution in [0.3, 0.4) is 0 Å². The average Bonchev–Trinajstić information content (AvgIpc) is 2.87. The highest BCUT2D eigenvalue weighted by atomic mass is 79.9. The summed E-state index contributed by atoms with van der Waals surface area (Å²) in [5, 5.41) is 15.7. The molecule has 1 aliphatic rings. The lowest BCUT2D eigenvalue weighted by Gasteiger charge is -2.17. The van der Waals surface area contributed by atoms with Crippen LogP contribution in [0.2, 0.25) is 0 Å². The van der Waals surface area contributed by atoms with E-state index >= 15 is 0 Å². The highest BCUT2D eigenvalue weighted by Gasteiger charge is 2.45. The van der Waals surface area contributed by atoms with E-state index in [0.717, 1.165) is 35.3 Å². The zero-order chi connectivity index (χ0) is 13.6. The van der Waals surface area contributed by atoms with Gasteiger partial charge in [0.05, 0.1) is 16.2 Å². The van der Waals surface area contributed by atoms with Crippen LogP contribution in [0.1, 0.15) is 12.8 Å². The van der Waals surface area contributed by atoms with E-state index in [1.165, 1.54) is 0 Å². The minimum absolute atomic E-state index is 0.0561. The van der Waals surface area contributed by atoms with E-state index in [1.807, 2.05) is 27.7 Å². The van der Waals surface area contributed by atoms with E-state index < -0.39 is 0 Å². The van der Waals surface area contributed by atoms with Gasteiger partial charge in [0.1, 0.15) is 6.33 Å². The third-order valence-electron chi connectivity index (χ3n) is 3.66. The summed E-state index contributed by atoms with van der Waals surface area (Å²) in [4.78, 5) is 4.34. The molecule has 0 radical (unpaired) electrons. The Balaban J connectivity index is 1.57. The van der Waals surface area contributed by atoms with E-state index in [0.29, 0.717) is 0 Å². The molecule has 0 atom stereocenters. The van der Waals surface area contributed by atoms with Crippen molar-refractivity contribution in [2.75, 3.05) is 11.9 Å². The zero-order valence-electron chi connectivity index (χ0n) is 10.6. The smallest absolute Gasteiger partial charge is 0.203 e. The minimum Gasteiger partial charge on any atom is -0.364 e. The molecule has 3 aromatic heterocycles. The van der Waals surface area contributed by atoms with Crippen LogP contribution in [-0.4, -0.2) is 35.9 Å². The highest BCUT2D eigenvalue weighted by Crippen LogP contribution is 2.43. The zero-order valence-corrected chi connectivity index (χ0v) is 12.2. The number of aromatic nitrogens is 6. The second-order valence-corrected chi connectivity index (χ2v) is 5.93. The SMILES string of the molecule is Brc1cnn(C2(CNc3nccn4cnnc34)CC2)c1. The van der Waals surface area contributed by atoms with Gasteiger partial charge in [-0.25, -0.2) is 4.98 Å². The Hall–Kier alpha value is -1.96. The lowest BCUT2D eigenvalue weighted by Crippen LogP contribution is -2.27. The predicted molar refractivity (Wildman–Crippen MR) is 76.4 cm³/mol. The number of nitrogens with zero attached hydrogens (tertiary/aromatic N) is 6. The molecular weight excluding hydrogens is 322 g/mol. The second kappa shape index (κ2) is 4.27. The van der Waals surface area contributed by atoms with Crippen LogP contribution in [0.4, 0.5) is 5.82 Å². The van der Waals surface area contributed by atoms with Crippen molar-refractivity contribution in [1.82, 2.24) is 29.4 Å². The Bertz CT molecular complexity index is 758. The number of anilines is 1. The first-order valence-corrected chi connectivity index (χ1v) is 7.15. The standard InChI is InChI=1S/C12H12BrN7/c13-9-5-17-20(6-9)12(1-2-12)7-15-10-11-18-16-8-19(11)4-3-14-10/h3-6,8H,1-2,7H2,(H,14,15). The Morgan fingerprint density at radius 1 is 1.40 bits per heavy atom. The molecule has 0 amide bonds. The largest absolute Gasteiger partial charge is 0.364 e. The maximum absolute atomic E-state index is 4.39. The molecule has 4 rings (SSSR count).